The maximum Gasteiger partial charge on any atom is 0.221 e. The summed E-state index contributed by atoms with van der Waals surface area (Å²) in [4.78, 5) is 10.8. The second-order valence-corrected chi connectivity index (χ2v) is 5.33. The molecule has 0 saturated heterocycles. The second kappa shape index (κ2) is 2.30. The molecule has 0 aromatic carbocycles. The zero-order valence-corrected chi connectivity index (χ0v) is 7.91. The molecule has 0 aromatic heterocycles. The van der Waals surface area contributed by atoms with Crippen LogP contribution in [-0.2, 0) is 4.79 Å². The molecule has 0 radical (unpaired) electrons. The molecule has 1 N–H and O–H groups in total. The molecule has 0 spiro atoms. The fourth-order valence-corrected chi connectivity index (χ4v) is 0.625. The van der Waals surface area contributed by atoms with Crippen molar-refractivity contribution in [3.05, 3.63) is 0 Å². The first kappa shape index (κ1) is 7.69. The lowest BCUT2D eigenvalue weighted by Crippen LogP contribution is -2.29. The highest BCUT2D eigenvalue weighted by atomic mass is 28.1. The van der Waals surface area contributed by atoms with Crippen LogP contribution in [0.3, 0.4) is 0 Å². The van der Waals surface area contributed by atoms with Gasteiger partial charge in [0.05, 0.1) is 0 Å². The van der Waals surface area contributed by atoms with E-state index in [1.54, 1.807) is 7.05 Å². The van der Waals surface area contributed by atoms with Crippen LogP contribution in [0.4, 0.5) is 0 Å². The van der Waals surface area contributed by atoms with Crippen LogP contribution in [0.25, 0.3) is 0 Å². The molecule has 0 aliphatic carbocycles. The van der Waals surface area contributed by atoms with Crippen molar-refractivity contribution in [3.8, 4) is 0 Å². The third kappa shape index (κ3) is 2.11. The van der Waals surface area contributed by atoms with Crippen molar-refractivity contribution in [3.63, 3.8) is 0 Å². The lowest BCUT2D eigenvalue weighted by atomic mass is 10.2. The Hall–Kier alpha value is -0.313. The molecule has 0 rings (SSSR count). The first-order valence-corrected chi connectivity index (χ1v) is 3.70. The quantitative estimate of drug-likeness (QED) is 0.468. The molecule has 0 heterocycles. The van der Waals surface area contributed by atoms with Crippen LogP contribution in [0.1, 0.15) is 13.8 Å². The molecular weight excluding hydrogens is 118 g/mol. The van der Waals surface area contributed by atoms with E-state index in [0.717, 1.165) is 10.2 Å². The number of hydrogen-bond acceptors (Lipinski definition) is 1. The second-order valence-electron chi connectivity index (χ2n) is 2.83. The summed E-state index contributed by atoms with van der Waals surface area (Å²) in [7, 11) is 2.58. The first-order valence-electron chi connectivity index (χ1n) is 2.70. The first-order chi connectivity index (χ1) is 3.48. The number of nitrogens with one attached hydrogen (secondary N) is 1. The van der Waals surface area contributed by atoms with Gasteiger partial charge >= 0.3 is 0 Å². The smallest absolute Gasteiger partial charge is 0.221 e. The number of rotatable bonds is 1. The number of amides is 1. The van der Waals surface area contributed by atoms with Crippen LogP contribution >= 0.6 is 0 Å². The monoisotopic (exact) mass is 131 g/mol. The fraction of sp³-hybridized carbons (Fsp3) is 0.800. The molecule has 0 bridgehead atoms. The van der Waals surface area contributed by atoms with E-state index in [9.17, 15) is 4.79 Å². The Kier molecular flexibility index (Phi) is 2.21. The molecule has 0 aliphatic heterocycles. The molecule has 48 valence electrons. The largest absolute Gasteiger partial charge is 0.359 e. The van der Waals surface area contributed by atoms with Crippen LogP contribution in [0.15, 0.2) is 0 Å². The van der Waals surface area contributed by atoms with E-state index in [-0.39, 0.29) is 10.9 Å². The van der Waals surface area contributed by atoms with Gasteiger partial charge in [0.2, 0.25) is 5.91 Å². The summed E-state index contributed by atoms with van der Waals surface area (Å²) < 4.78 is 0. The van der Waals surface area contributed by atoms with Crippen molar-refractivity contribution in [2.75, 3.05) is 7.05 Å². The van der Waals surface area contributed by atoms with E-state index in [4.69, 9.17) is 0 Å². The summed E-state index contributed by atoms with van der Waals surface area (Å²) in [6.07, 6.45) is 0. The molecule has 0 atom stereocenters. The lowest BCUT2D eigenvalue weighted by Gasteiger charge is -2.14. The number of hydrogen-bond donors (Lipinski definition) is 1. The third-order valence-electron chi connectivity index (χ3n) is 0.908. The maximum atomic E-state index is 10.8. The normalized spacial score (nSPS) is 11.4. The molecule has 8 heavy (non-hydrogen) atoms. The highest BCUT2D eigenvalue weighted by Gasteiger charge is 2.18. The van der Waals surface area contributed by atoms with Gasteiger partial charge in [0, 0.05) is 22.3 Å². The minimum Gasteiger partial charge on any atom is -0.359 e. The summed E-state index contributed by atoms with van der Waals surface area (Å²) in [6, 6.07) is 0. The molecule has 0 aliphatic rings. The van der Waals surface area contributed by atoms with Gasteiger partial charge in [-0.2, -0.15) is 0 Å². The summed E-state index contributed by atoms with van der Waals surface area (Å²) in [5, 5.41) is 2.50. The van der Waals surface area contributed by atoms with Crippen molar-refractivity contribution < 1.29 is 4.79 Å². The van der Waals surface area contributed by atoms with E-state index in [2.05, 4.69) is 5.32 Å². The van der Waals surface area contributed by atoms with Gasteiger partial charge in [-0.25, -0.2) is 0 Å². The summed E-state index contributed by atoms with van der Waals surface area (Å²) in [5.41, 5.74) is 0. The summed E-state index contributed by atoms with van der Waals surface area (Å²) >= 11 is 0. The fourth-order valence-electron chi connectivity index (χ4n) is 0.375. The Morgan fingerprint density at radius 2 is 2.00 bits per heavy atom. The summed E-state index contributed by atoms with van der Waals surface area (Å²) in [6.45, 7) is 3.89. The van der Waals surface area contributed by atoms with Gasteiger partial charge in [0.15, 0.2) is 0 Å². The SMILES string of the molecule is CNC(=O)C(C)(C)[SiH3]. The molecule has 0 unspecified atom stereocenters. The molecule has 0 fully saturated rings. The molecule has 0 saturated carbocycles. The Balaban J connectivity index is 3.82. The van der Waals surface area contributed by atoms with Crippen molar-refractivity contribution in [2.24, 2.45) is 0 Å². The van der Waals surface area contributed by atoms with Crippen LogP contribution in [0.5, 0.6) is 0 Å². The third-order valence-corrected chi connectivity index (χ3v) is 1.36. The van der Waals surface area contributed by atoms with Gasteiger partial charge in [0.25, 0.3) is 0 Å². The van der Waals surface area contributed by atoms with Crippen LogP contribution in [0.2, 0.25) is 5.04 Å². The van der Waals surface area contributed by atoms with Crippen molar-refractivity contribution in [2.45, 2.75) is 18.9 Å². The van der Waals surface area contributed by atoms with Crippen molar-refractivity contribution in [1.82, 2.24) is 5.32 Å². The van der Waals surface area contributed by atoms with Crippen LogP contribution in [0, 0.1) is 0 Å². The highest BCUT2D eigenvalue weighted by Crippen LogP contribution is 2.16. The van der Waals surface area contributed by atoms with E-state index >= 15 is 0 Å². The van der Waals surface area contributed by atoms with Gasteiger partial charge < -0.3 is 5.32 Å². The van der Waals surface area contributed by atoms with E-state index in [0.29, 0.717) is 0 Å². The Bertz CT molecular complexity index is 95.1. The lowest BCUT2D eigenvalue weighted by molar-refractivity contribution is -0.122. The van der Waals surface area contributed by atoms with Gasteiger partial charge in [-0.3, -0.25) is 4.79 Å². The van der Waals surface area contributed by atoms with Gasteiger partial charge in [0.1, 0.15) is 0 Å². The molecule has 2 nitrogen and oxygen atoms in total. The number of carbonyl (C=O) groups excluding carboxylic acids is 1. The van der Waals surface area contributed by atoms with Crippen LogP contribution < -0.4 is 5.32 Å². The Morgan fingerprint density at radius 1 is 1.62 bits per heavy atom. The zero-order chi connectivity index (χ0) is 6.78. The standard InChI is InChI=1S/C5H13NOSi/c1-5(2,8)4(7)6-3/h1-3,8H3,(H,6,7). The zero-order valence-electron chi connectivity index (χ0n) is 5.91. The Morgan fingerprint density at radius 3 is 2.00 bits per heavy atom. The molecular formula is C5H13NOSi. The Labute approximate surface area is 53.1 Å². The topological polar surface area (TPSA) is 29.1 Å². The van der Waals surface area contributed by atoms with Gasteiger partial charge in [-0.05, 0) is 0 Å². The molecule has 1 amide bonds. The van der Waals surface area contributed by atoms with Crippen LogP contribution in [-0.4, -0.2) is 23.2 Å². The van der Waals surface area contributed by atoms with E-state index in [1.807, 2.05) is 13.8 Å². The minimum absolute atomic E-state index is 0.102. The van der Waals surface area contributed by atoms with Gasteiger partial charge in [-0.1, -0.05) is 13.8 Å². The van der Waals surface area contributed by atoms with E-state index in [1.165, 1.54) is 0 Å². The average molecular weight is 131 g/mol. The maximum absolute atomic E-state index is 10.8. The van der Waals surface area contributed by atoms with E-state index < -0.39 is 0 Å². The number of carbonyl (C=O) groups is 1. The highest BCUT2D eigenvalue weighted by molar-refractivity contribution is 6.27. The predicted octanol–water partition coefficient (Wildman–Crippen LogP) is -0.704. The van der Waals surface area contributed by atoms with Crippen molar-refractivity contribution >= 4 is 16.1 Å². The minimum atomic E-state index is -0.102. The van der Waals surface area contributed by atoms with Gasteiger partial charge in [-0.15, -0.1) is 0 Å². The van der Waals surface area contributed by atoms with Crippen molar-refractivity contribution in [1.29, 1.82) is 0 Å². The molecule has 3 heteroatoms. The summed E-state index contributed by atoms with van der Waals surface area (Å²) in [5.74, 6) is 0.143. The predicted molar refractivity (Wildman–Crippen MR) is 38.0 cm³/mol. The average Bonchev–Trinajstić information content (AvgIpc) is 1.62. The molecule has 0 aromatic rings.